The van der Waals surface area contributed by atoms with Gasteiger partial charge in [-0.15, -0.1) is 5.10 Å². The number of piperidine rings is 1. The molecule has 1 saturated heterocycles. The van der Waals surface area contributed by atoms with Gasteiger partial charge in [0.1, 0.15) is 0 Å². The molecule has 26 heavy (non-hydrogen) atoms. The first-order chi connectivity index (χ1) is 12.7. The van der Waals surface area contributed by atoms with Gasteiger partial charge in [-0.1, -0.05) is 18.3 Å². The van der Waals surface area contributed by atoms with Gasteiger partial charge in [-0.3, -0.25) is 9.59 Å². The molecule has 4 rings (SSSR count). The number of carbonyl (C=O) groups is 1. The average molecular weight is 375 g/mol. The fourth-order valence-corrected chi connectivity index (χ4v) is 4.79. The molecule has 1 unspecified atom stereocenters. The Morgan fingerprint density at radius 2 is 2.15 bits per heavy atom. The number of hydrogen-bond donors (Lipinski definition) is 1. The van der Waals surface area contributed by atoms with Crippen LogP contribution in [0.15, 0.2) is 4.79 Å². The molecule has 0 bridgehead atoms. The summed E-state index contributed by atoms with van der Waals surface area (Å²) in [5.41, 5.74) is 1.77. The summed E-state index contributed by atoms with van der Waals surface area (Å²) in [4.78, 5) is 32.6. The van der Waals surface area contributed by atoms with Gasteiger partial charge < -0.3 is 10.2 Å². The van der Waals surface area contributed by atoms with Gasteiger partial charge >= 0.3 is 0 Å². The van der Waals surface area contributed by atoms with Gasteiger partial charge in [0.25, 0.3) is 5.56 Å². The second-order valence-electron chi connectivity index (χ2n) is 7.20. The average Bonchev–Trinajstić information content (AvgIpc) is 3.11. The summed E-state index contributed by atoms with van der Waals surface area (Å²) in [6.45, 7) is 4.30. The van der Waals surface area contributed by atoms with Crippen molar-refractivity contribution in [1.82, 2.24) is 19.9 Å². The van der Waals surface area contributed by atoms with Crippen LogP contribution in [0.2, 0.25) is 0 Å². The number of nitrogens with one attached hydrogen (secondary N) is 1. The minimum Gasteiger partial charge on any atom is -0.356 e. The number of aryl methyl sites for hydroxylation is 1. The zero-order valence-corrected chi connectivity index (χ0v) is 16.0. The summed E-state index contributed by atoms with van der Waals surface area (Å²) in [5, 5.41) is 8.35. The molecule has 2 aliphatic rings. The third-order valence-electron chi connectivity index (χ3n) is 5.28. The van der Waals surface area contributed by atoms with Crippen molar-refractivity contribution < 1.29 is 4.79 Å². The van der Waals surface area contributed by atoms with E-state index in [-0.39, 0.29) is 17.4 Å². The summed E-state index contributed by atoms with van der Waals surface area (Å²) in [7, 11) is 0. The highest BCUT2D eigenvalue weighted by Gasteiger charge is 2.28. The number of aromatic nitrogens is 3. The number of hydrogen-bond acceptors (Lipinski definition) is 6. The first kappa shape index (κ1) is 17.5. The largest absolute Gasteiger partial charge is 0.356 e. The summed E-state index contributed by atoms with van der Waals surface area (Å²) in [6.07, 6.45) is 6.65. The van der Waals surface area contributed by atoms with Crippen LogP contribution in [0, 0.1) is 5.92 Å². The Bertz CT molecular complexity index is 874. The number of fused-ring (bicyclic) bond motifs is 2. The topological polar surface area (TPSA) is 79.6 Å². The Kier molecular flexibility index (Phi) is 4.93. The Labute approximate surface area is 156 Å². The molecule has 2 aromatic heterocycles. The van der Waals surface area contributed by atoms with Gasteiger partial charge in [0.15, 0.2) is 0 Å². The lowest BCUT2D eigenvalue weighted by atomic mass is 9.97. The second kappa shape index (κ2) is 7.34. The Balaban J connectivity index is 1.59. The predicted molar refractivity (Wildman–Crippen MR) is 102 cm³/mol. The van der Waals surface area contributed by atoms with Crippen LogP contribution in [0.1, 0.15) is 50.3 Å². The van der Waals surface area contributed by atoms with Crippen LogP contribution >= 0.6 is 11.3 Å². The van der Waals surface area contributed by atoms with E-state index < -0.39 is 0 Å². The van der Waals surface area contributed by atoms with E-state index in [0.717, 1.165) is 74.4 Å². The molecule has 0 aromatic carbocycles. The second-order valence-corrected chi connectivity index (χ2v) is 8.14. The highest BCUT2D eigenvalue weighted by Crippen LogP contribution is 2.28. The predicted octanol–water partition coefficient (Wildman–Crippen LogP) is 1.77. The molecule has 140 valence electrons. The van der Waals surface area contributed by atoms with E-state index in [1.54, 1.807) is 0 Å². The summed E-state index contributed by atoms with van der Waals surface area (Å²) in [5.74, 6) is 0.114. The smallest absolute Gasteiger partial charge is 0.278 e. The van der Waals surface area contributed by atoms with Crippen molar-refractivity contribution in [3.05, 3.63) is 21.6 Å². The van der Waals surface area contributed by atoms with Crippen molar-refractivity contribution in [3.8, 4) is 0 Å². The van der Waals surface area contributed by atoms with Crippen molar-refractivity contribution >= 4 is 27.3 Å². The molecule has 1 fully saturated rings. The Morgan fingerprint density at radius 3 is 3.00 bits per heavy atom. The van der Waals surface area contributed by atoms with E-state index in [0.29, 0.717) is 11.5 Å². The molecule has 0 radical (unpaired) electrons. The van der Waals surface area contributed by atoms with Crippen LogP contribution in [-0.4, -0.2) is 40.1 Å². The van der Waals surface area contributed by atoms with Crippen molar-refractivity contribution in [2.24, 2.45) is 5.92 Å². The number of anilines is 1. The van der Waals surface area contributed by atoms with Crippen LogP contribution in [0.4, 0.5) is 5.13 Å². The molecule has 1 atom stereocenters. The van der Waals surface area contributed by atoms with Gasteiger partial charge in [-0.05, 0) is 44.9 Å². The fourth-order valence-electron chi connectivity index (χ4n) is 3.85. The van der Waals surface area contributed by atoms with Gasteiger partial charge in [0, 0.05) is 25.2 Å². The third-order valence-corrected chi connectivity index (χ3v) is 6.25. The molecule has 3 heterocycles. The maximum atomic E-state index is 12.7. The highest BCUT2D eigenvalue weighted by molar-refractivity contribution is 7.20. The summed E-state index contributed by atoms with van der Waals surface area (Å²) in [6, 6.07) is 0. The zero-order valence-electron chi connectivity index (χ0n) is 15.2. The molecule has 1 N–H and O–H groups in total. The van der Waals surface area contributed by atoms with Crippen LogP contribution < -0.4 is 15.8 Å². The molecule has 7 nitrogen and oxygen atoms in total. The lowest BCUT2D eigenvalue weighted by Gasteiger charge is -2.31. The van der Waals surface area contributed by atoms with Crippen molar-refractivity contribution in [3.63, 3.8) is 0 Å². The number of rotatable bonds is 4. The molecule has 0 saturated carbocycles. The third kappa shape index (κ3) is 3.22. The molecule has 2 aromatic rings. The van der Waals surface area contributed by atoms with Crippen molar-refractivity contribution in [2.75, 3.05) is 24.5 Å². The van der Waals surface area contributed by atoms with Crippen LogP contribution in [0.25, 0.3) is 4.96 Å². The first-order valence-corrected chi connectivity index (χ1v) is 10.4. The fraction of sp³-hybridized carbons (Fsp3) is 0.667. The van der Waals surface area contributed by atoms with Crippen LogP contribution in [0.5, 0.6) is 0 Å². The minimum absolute atomic E-state index is 0.0125. The molecule has 1 aliphatic carbocycles. The van der Waals surface area contributed by atoms with Gasteiger partial charge in [-0.2, -0.15) is 4.52 Å². The van der Waals surface area contributed by atoms with Crippen LogP contribution in [-0.2, 0) is 17.6 Å². The number of amides is 1. The highest BCUT2D eigenvalue weighted by atomic mass is 32.1. The van der Waals surface area contributed by atoms with E-state index in [1.807, 2.05) is 0 Å². The first-order valence-electron chi connectivity index (χ1n) is 9.61. The van der Waals surface area contributed by atoms with Crippen molar-refractivity contribution in [1.29, 1.82) is 0 Å². The zero-order chi connectivity index (χ0) is 18.1. The maximum Gasteiger partial charge on any atom is 0.278 e. The lowest BCUT2D eigenvalue weighted by molar-refractivity contribution is -0.125. The summed E-state index contributed by atoms with van der Waals surface area (Å²) >= 11 is 1.46. The monoisotopic (exact) mass is 375 g/mol. The number of carbonyl (C=O) groups excluding carboxylic acids is 1. The minimum atomic E-state index is -0.0137. The molecular formula is C18H25N5O2S. The molecule has 1 aliphatic heterocycles. The van der Waals surface area contributed by atoms with Gasteiger partial charge in [0.2, 0.25) is 16.0 Å². The van der Waals surface area contributed by atoms with E-state index in [9.17, 15) is 9.59 Å². The molecule has 1 amide bonds. The summed E-state index contributed by atoms with van der Waals surface area (Å²) < 4.78 is 1.46. The van der Waals surface area contributed by atoms with Gasteiger partial charge in [-0.25, -0.2) is 4.98 Å². The van der Waals surface area contributed by atoms with Crippen LogP contribution in [0.3, 0.4) is 0 Å². The lowest BCUT2D eigenvalue weighted by Crippen LogP contribution is -2.43. The molecular weight excluding hydrogens is 350 g/mol. The number of nitrogens with zero attached hydrogens (tertiary/aromatic N) is 4. The Hall–Kier alpha value is -1.96. The quantitative estimate of drug-likeness (QED) is 0.881. The van der Waals surface area contributed by atoms with E-state index in [1.165, 1.54) is 15.9 Å². The molecule has 0 spiro atoms. The van der Waals surface area contributed by atoms with Gasteiger partial charge in [0.05, 0.1) is 11.6 Å². The van der Waals surface area contributed by atoms with E-state index in [4.69, 9.17) is 4.98 Å². The maximum absolute atomic E-state index is 12.7. The van der Waals surface area contributed by atoms with E-state index in [2.05, 4.69) is 22.2 Å². The van der Waals surface area contributed by atoms with E-state index >= 15 is 0 Å². The normalized spacial score (nSPS) is 20.2. The standard InChI is InChI=1S/C18H25N5O2S/c1-2-9-19-15(24)12-6-5-10-22(11-12)18-21-23-16(25)13-7-3-4-8-14(13)20-17(23)26-18/h12H,2-11H2,1H3,(H,19,24). The SMILES string of the molecule is CCCNC(=O)C1CCCN(c2nn3c(=O)c4c(nc3s2)CCCC4)C1. The van der Waals surface area contributed by atoms with Crippen molar-refractivity contribution in [2.45, 2.75) is 51.9 Å². The molecule has 8 heteroatoms. The Morgan fingerprint density at radius 1 is 1.31 bits per heavy atom.